The molecule has 0 saturated carbocycles. The van der Waals surface area contributed by atoms with Crippen molar-refractivity contribution < 1.29 is 14.4 Å². The molecule has 2 aromatic carbocycles. The summed E-state index contributed by atoms with van der Waals surface area (Å²) in [5.41, 5.74) is 0.816. The van der Waals surface area contributed by atoms with Gasteiger partial charge in [-0.25, -0.2) is 4.39 Å². The molecule has 0 aromatic heterocycles. The Bertz CT molecular complexity index is 620. The summed E-state index contributed by atoms with van der Waals surface area (Å²) in [6.45, 7) is 0.140. The third-order valence-corrected chi connectivity index (χ3v) is 3.00. The molecule has 0 radical (unpaired) electrons. The minimum Gasteiger partial charge on any atom is -0.391 e. The highest BCUT2D eigenvalue weighted by Crippen LogP contribution is 2.24. The summed E-state index contributed by atoms with van der Waals surface area (Å²) in [5, 5.41) is 23.6. The Morgan fingerprint density at radius 1 is 1.24 bits per heavy atom. The van der Waals surface area contributed by atoms with Crippen molar-refractivity contribution in [3.05, 3.63) is 70.0 Å². The van der Waals surface area contributed by atoms with E-state index in [2.05, 4.69) is 5.32 Å². The summed E-state index contributed by atoms with van der Waals surface area (Å²) in [4.78, 5) is 10.2. The molecule has 0 aliphatic carbocycles. The van der Waals surface area contributed by atoms with Crippen LogP contribution in [0.4, 0.5) is 15.8 Å². The van der Waals surface area contributed by atoms with Crippen molar-refractivity contribution in [1.82, 2.24) is 0 Å². The number of halogens is 1. The maximum absolute atomic E-state index is 13.0. The molecular weight excluding hydrogens is 275 g/mol. The molecule has 5 nitrogen and oxygen atoms in total. The van der Waals surface area contributed by atoms with E-state index in [0.29, 0.717) is 6.42 Å². The lowest BCUT2D eigenvalue weighted by Crippen LogP contribution is -2.22. The SMILES string of the molecule is O=[N+]([O-])c1cc(F)ccc1NCC(O)Cc1ccccc1. The second-order valence-corrected chi connectivity index (χ2v) is 4.64. The van der Waals surface area contributed by atoms with Gasteiger partial charge in [0.05, 0.1) is 17.1 Å². The van der Waals surface area contributed by atoms with E-state index in [1.165, 1.54) is 6.07 Å². The molecular formula is C15H15FN2O3. The molecule has 0 fully saturated rings. The van der Waals surface area contributed by atoms with Crippen LogP contribution in [0.15, 0.2) is 48.5 Å². The molecule has 2 N–H and O–H groups in total. The predicted molar refractivity (Wildman–Crippen MR) is 77.7 cm³/mol. The molecule has 0 amide bonds. The largest absolute Gasteiger partial charge is 0.391 e. The van der Waals surface area contributed by atoms with Crippen LogP contribution in [0, 0.1) is 15.9 Å². The monoisotopic (exact) mass is 290 g/mol. The Morgan fingerprint density at radius 2 is 1.95 bits per heavy atom. The zero-order chi connectivity index (χ0) is 15.2. The summed E-state index contributed by atoms with van der Waals surface area (Å²) >= 11 is 0. The van der Waals surface area contributed by atoms with E-state index in [1.54, 1.807) is 0 Å². The number of nitrogens with zero attached hydrogens (tertiary/aromatic N) is 1. The van der Waals surface area contributed by atoms with Gasteiger partial charge in [0.2, 0.25) is 0 Å². The minimum absolute atomic E-state index is 0.140. The smallest absolute Gasteiger partial charge is 0.295 e. The van der Waals surface area contributed by atoms with Gasteiger partial charge in [0.25, 0.3) is 5.69 Å². The molecule has 0 bridgehead atoms. The van der Waals surface area contributed by atoms with E-state index in [4.69, 9.17) is 0 Å². The molecule has 0 spiro atoms. The number of nitrogens with one attached hydrogen (secondary N) is 1. The summed E-state index contributed by atoms with van der Waals surface area (Å²) in [5.74, 6) is -0.669. The number of nitro benzene ring substituents is 1. The quantitative estimate of drug-likeness (QED) is 0.633. The number of hydrogen-bond donors (Lipinski definition) is 2. The fourth-order valence-electron chi connectivity index (χ4n) is 1.99. The summed E-state index contributed by atoms with van der Waals surface area (Å²) in [7, 11) is 0. The van der Waals surface area contributed by atoms with E-state index < -0.39 is 16.8 Å². The number of nitro groups is 1. The molecule has 1 atom stereocenters. The molecule has 6 heteroatoms. The van der Waals surface area contributed by atoms with Gasteiger partial charge in [-0.15, -0.1) is 0 Å². The van der Waals surface area contributed by atoms with Crippen molar-refractivity contribution in [3.8, 4) is 0 Å². The summed E-state index contributed by atoms with van der Waals surface area (Å²) < 4.78 is 13.0. The van der Waals surface area contributed by atoms with Crippen molar-refractivity contribution in [2.75, 3.05) is 11.9 Å². The molecule has 0 aliphatic rings. The Kier molecular flexibility index (Phi) is 4.84. The first-order chi connectivity index (χ1) is 10.1. The van der Waals surface area contributed by atoms with Crippen molar-refractivity contribution in [1.29, 1.82) is 0 Å². The third kappa shape index (κ3) is 4.25. The van der Waals surface area contributed by atoms with Crippen LogP contribution in [0.2, 0.25) is 0 Å². The van der Waals surface area contributed by atoms with E-state index >= 15 is 0 Å². The van der Waals surface area contributed by atoms with Crippen molar-refractivity contribution in [2.24, 2.45) is 0 Å². The van der Waals surface area contributed by atoms with Gasteiger partial charge in [0.15, 0.2) is 0 Å². The van der Waals surface area contributed by atoms with Crippen molar-refractivity contribution >= 4 is 11.4 Å². The van der Waals surface area contributed by atoms with Gasteiger partial charge in [-0.05, 0) is 17.7 Å². The van der Waals surface area contributed by atoms with Gasteiger partial charge >= 0.3 is 0 Å². The molecule has 21 heavy (non-hydrogen) atoms. The second-order valence-electron chi connectivity index (χ2n) is 4.64. The molecule has 2 rings (SSSR count). The van der Waals surface area contributed by atoms with Crippen LogP contribution in [-0.2, 0) is 6.42 Å². The van der Waals surface area contributed by atoms with Gasteiger partial charge < -0.3 is 10.4 Å². The Hall–Kier alpha value is -2.47. The van der Waals surface area contributed by atoms with E-state index in [9.17, 15) is 19.6 Å². The minimum atomic E-state index is -0.697. The summed E-state index contributed by atoms with van der Waals surface area (Å²) in [6.07, 6.45) is -0.264. The Labute approximate surface area is 121 Å². The number of rotatable bonds is 6. The van der Waals surface area contributed by atoms with Crippen molar-refractivity contribution in [3.63, 3.8) is 0 Å². The first-order valence-corrected chi connectivity index (χ1v) is 6.46. The Morgan fingerprint density at radius 3 is 2.62 bits per heavy atom. The lowest BCUT2D eigenvalue weighted by atomic mass is 10.1. The topological polar surface area (TPSA) is 75.4 Å². The number of benzene rings is 2. The van der Waals surface area contributed by atoms with Crippen LogP contribution < -0.4 is 5.32 Å². The average Bonchev–Trinajstić information content (AvgIpc) is 2.47. The maximum Gasteiger partial charge on any atom is 0.295 e. The molecule has 0 heterocycles. The molecule has 1 unspecified atom stereocenters. The lowest BCUT2D eigenvalue weighted by molar-refractivity contribution is -0.384. The average molecular weight is 290 g/mol. The molecule has 0 saturated heterocycles. The van der Waals surface area contributed by atoms with Gasteiger partial charge in [-0.2, -0.15) is 0 Å². The molecule has 110 valence electrons. The van der Waals surface area contributed by atoms with E-state index in [1.807, 2.05) is 30.3 Å². The number of aliphatic hydroxyl groups is 1. The van der Waals surface area contributed by atoms with Crippen molar-refractivity contribution in [2.45, 2.75) is 12.5 Å². The standard InChI is InChI=1S/C15H15FN2O3/c16-12-6-7-14(15(9-12)18(20)21)17-10-13(19)8-11-4-2-1-3-5-11/h1-7,9,13,17,19H,8,10H2. The van der Waals surface area contributed by atoms with Gasteiger partial charge in [0, 0.05) is 13.0 Å². The first kappa shape index (κ1) is 14.9. The van der Waals surface area contributed by atoms with Gasteiger partial charge in [0.1, 0.15) is 11.5 Å². The zero-order valence-electron chi connectivity index (χ0n) is 11.2. The lowest BCUT2D eigenvalue weighted by Gasteiger charge is -2.13. The molecule has 0 aliphatic heterocycles. The summed E-state index contributed by atoms with van der Waals surface area (Å²) in [6, 6.07) is 12.7. The highest BCUT2D eigenvalue weighted by Gasteiger charge is 2.15. The second kappa shape index (κ2) is 6.81. The fourth-order valence-corrected chi connectivity index (χ4v) is 1.99. The molecule has 2 aromatic rings. The maximum atomic E-state index is 13.0. The number of aliphatic hydroxyl groups excluding tert-OH is 1. The zero-order valence-corrected chi connectivity index (χ0v) is 11.2. The van der Waals surface area contributed by atoms with Crippen LogP contribution in [-0.4, -0.2) is 22.7 Å². The van der Waals surface area contributed by atoms with Crippen LogP contribution in [0.1, 0.15) is 5.56 Å². The fraction of sp³-hybridized carbons (Fsp3) is 0.200. The third-order valence-electron chi connectivity index (χ3n) is 3.00. The van der Waals surface area contributed by atoms with Gasteiger partial charge in [-0.1, -0.05) is 30.3 Å². The van der Waals surface area contributed by atoms with Crippen LogP contribution >= 0.6 is 0 Å². The Balaban J connectivity index is 1.98. The van der Waals surface area contributed by atoms with Crippen LogP contribution in [0.3, 0.4) is 0 Å². The van der Waals surface area contributed by atoms with Crippen LogP contribution in [0.5, 0.6) is 0 Å². The van der Waals surface area contributed by atoms with E-state index in [0.717, 1.165) is 17.7 Å². The van der Waals surface area contributed by atoms with E-state index in [-0.39, 0.29) is 17.9 Å². The predicted octanol–water partition coefficient (Wildman–Crippen LogP) is 2.75. The number of anilines is 1. The first-order valence-electron chi connectivity index (χ1n) is 6.46. The highest BCUT2D eigenvalue weighted by atomic mass is 19.1. The van der Waals surface area contributed by atoms with Crippen LogP contribution in [0.25, 0.3) is 0 Å². The number of hydrogen-bond acceptors (Lipinski definition) is 4. The normalized spacial score (nSPS) is 11.9. The van der Waals surface area contributed by atoms with Gasteiger partial charge in [-0.3, -0.25) is 10.1 Å². The highest BCUT2D eigenvalue weighted by molar-refractivity contribution is 5.61.